The first-order valence-electron chi connectivity index (χ1n) is 7.01. The lowest BCUT2D eigenvalue weighted by molar-refractivity contribution is -0.142. The van der Waals surface area contributed by atoms with Crippen LogP contribution in [0, 0.1) is 5.92 Å². The van der Waals surface area contributed by atoms with Crippen molar-refractivity contribution in [2.24, 2.45) is 5.92 Å². The number of aliphatic carboxylic acids is 1. The molecule has 0 radical (unpaired) electrons. The monoisotopic (exact) mass is 270 g/mol. The van der Waals surface area contributed by atoms with E-state index < -0.39 is 11.9 Å². The van der Waals surface area contributed by atoms with Crippen LogP contribution in [0.2, 0.25) is 0 Å². The van der Waals surface area contributed by atoms with E-state index in [-0.39, 0.29) is 24.7 Å². The minimum Gasteiger partial charge on any atom is -0.481 e. The van der Waals surface area contributed by atoms with Gasteiger partial charge in [0.2, 0.25) is 0 Å². The van der Waals surface area contributed by atoms with Gasteiger partial charge in [-0.2, -0.15) is 0 Å². The topological polar surface area (TPSA) is 78.9 Å². The Morgan fingerprint density at radius 2 is 2.11 bits per heavy atom. The van der Waals surface area contributed by atoms with Crippen LogP contribution in [0.15, 0.2) is 0 Å². The highest BCUT2D eigenvalue weighted by Crippen LogP contribution is 2.22. The Bertz CT molecular complexity index is 344. The molecule has 1 aliphatic carbocycles. The quantitative estimate of drug-likeness (QED) is 0.783. The van der Waals surface area contributed by atoms with Crippen molar-refractivity contribution in [3.63, 3.8) is 0 Å². The molecular formula is C13H22N2O4. The second kappa shape index (κ2) is 6.23. The van der Waals surface area contributed by atoms with Crippen molar-refractivity contribution < 1.29 is 19.4 Å². The molecule has 6 heteroatoms. The van der Waals surface area contributed by atoms with Gasteiger partial charge in [-0.05, 0) is 25.7 Å². The van der Waals surface area contributed by atoms with Gasteiger partial charge >= 0.3 is 12.0 Å². The van der Waals surface area contributed by atoms with Crippen molar-refractivity contribution in [1.82, 2.24) is 10.2 Å². The molecule has 2 N–H and O–H groups in total. The number of carboxylic acids is 1. The highest BCUT2D eigenvalue weighted by atomic mass is 16.5. The van der Waals surface area contributed by atoms with Gasteiger partial charge < -0.3 is 20.1 Å². The number of amides is 2. The Kier molecular flexibility index (Phi) is 4.63. The van der Waals surface area contributed by atoms with Crippen LogP contribution in [-0.2, 0) is 9.53 Å². The summed E-state index contributed by atoms with van der Waals surface area (Å²) in [6.07, 6.45) is 4.01. The molecule has 0 bridgehead atoms. The summed E-state index contributed by atoms with van der Waals surface area (Å²) in [5, 5.41) is 12.2. The fourth-order valence-corrected chi connectivity index (χ4v) is 2.56. The van der Waals surface area contributed by atoms with Gasteiger partial charge in [0.25, 0.3) is 0 Å². The fraction of sp³-hybridized carbons (Fsp3) is 0.846. The van der Waals surface area contributed by atoms with Crippen LogP contribution in [-0.4, -0.2) is 53.8 Å². The van der Waals surface area contributed by atoms with Crippen LogP contribution in [0.5, 0.6) is 0 Å². The molecule has 2 unspecified atom stereocenters. The molecule has 0 aromatic carbocycles. The summed E-state index contributed by atoms with van der Waals surface area (Å²) in [7, 11) is 0. The molecule has 108 valence electrons. The van der Waals surface area contributed by atoms with Gasteiger partial charge in [-0.15, -0.1) is 0 Å². The molecule has 1 heterocycles. The second-order valence-electron chi connectivity index (χ2n) is 5.32. The zero-order valence-corrected chi connectivity index (χ0v) is 11.3. The predicted octanol–water partition coefficient (Wildman–Crippen LogP) is 1.06. The molecule has 2 atom stereocenters. The Morgan fingerprint density at radius 3 is 2.63 bits per heavy atom. The normalized spacial score (nSPS) is 26.8. The first-order chi connectivity index (χ1) is 9.13. The predicted molar refractivity (Wildman–Crippen MR) is 68.9 cm³/mol. The standard InChI is InChI=1S/C13H22N2O4/c1-2-6-15(13(18)14-9-4-3-5-9)11-8-19-7-10(11)12(16)17/h9-11H,2-8H2,1H3,(H,14,18)(H,16,17). The summed E-state index contributed by atoms with van der Waals surface area (Å²) in [6.45, 7) is 3.05. The van der Waals surface area contributed by atoms with Crippen LogP contribution in [0.3, 0.4) is 0 Å². The lowest BCUT2D eigenvalue weighted by Gasteiger charge is -2.34. The summed E-state index contributed by atoms with van der Waals surface area (Å²) >= 11 is 0. The van der Waals surface area contributed by atoms with Gasteiger partial charge in [0, 0.05) is 12.6 Å². The van der Waals surface area contributed by atoms with E-state index in [1.165, 1.54) is 0 Å². The molecule has 0 aromatic rings. The number of hydrogen-bond donors (Lipinski definition) is 2. The number of rotatable bonds is 5. The first-order valence-corrected chi connectivity index (χ1v) is 7.01. The van der Waals surface area contributed by atoms with Crippen molar-refractivity contribution in [3.05, 3.63) is 0 Å². The summed E-state index contributed by atoms with van der Waals surface area (Å²) < 4.78 is 5.25. The van der Waals surface area contributed by atoms with Gasteiger partial charge in [0.15, 0.2) is 0 Å². The lowest BCUT2D eigenvalue weighted by Crippen LogP contribution is -2.54. The van der Waals surface area contributed by atoms with E-state index in [0.717, 1.165) is 25.7 Å². The number of carbonyl (C=O) groups is 2. The minimum absolute atomic E-state index is 0.145. The first kappa shape index (κ1) is 14.1. The molecule has 0 spiro atoms. The van der Waals surface area contributed by atoms with Crippen molar-refractivity contribution in [2.75, 3.05) is 19.8 Å². The molecule has 0 aromatic heterocycles. The zero-order valence-electron chi connectivity index (χ0n) is 11.3. The van der Waals surface area contributed by atoms with Gasteiger partial charge in [-0.25, -0.2) is 4.79 Å². The smallest absolute Gasteiger partial charge is 0.317 e. The molecule has 2 aliphatic rings. The maximum Gasteiger partial charge on any atom is 0.317 e. The van der Waals surface area contributed by atoms with E-state index >= 15 is 0 Å². The molecule has 6 nitrogen and oxygen atoms in total. The maximum atomic E-state index is 12.3. The molecule has 2 amide bonds. The van der Waals surface area contributed by atoms with Gasteiger partial charge in [0.1, 0.15) is 5.92 Å². The summed E-state index contributed by atoms with van der Waals surface area (Å²) in [4.78, 5) is 25.1. The average molecular weight is 270 g/mol. The Hall–Kier alpha value is -1.30. The van der Waals surface area contributed by atoms with E-state index in [1.807, 2.05) is 6.92 Å². The second-order valence-corrected chi connectivity index (χ2v) is 5.32. The number of ether oxygens (including phenoxy) is 1. The van der Waals surface area contributed by atoms with Gasteiger partial charge in [-0.3, -0.25) is 4.79 Å². The van der Waals surface area contributed by atoms with E-state index in [1.54, 1.807) is 4.90 Å². The van der Waals surface area contributed by atoms with Crippen molar-refractivity contribution in [3.8, 4) is 0 Å². The maximum absolute atomic E-state index is 12.3. The van der Waals surface area contributed by atoms with E-state index in [0.29, 0.717) is 13.2 Å². The fourth-order valence-electron chi connectivity index (χ4n) is 2.56. The Labute approximate surface area is 113 Å². The van der Waals surface area contributed by atoms with Crippen LogP contribution in [0.25, 0.3) is 0 Å². The molecule has 2 rings (SSSR count). The average Bonchev–Trinajstić information content (AvgIpc) is 2.79. The van der Waals surface area contributed by atoms with Crippen LogP contribution in [0.4, 0.5) is 4.79 Å². The molecule has 1 saturated carbocycles. The van der Waals surface area contributed by atoms with E-state index in [2.05, 4.69) is 5.32 Å². The van der Waals surface area contributed by atoms with E-state index in [4.69, 9.17) is 4.74 Å². The molecule has 1 aliphatic heterocycles. The largest absolute Gasteiger partial charge is 0.481 e. The van der Waals surface area contributed by atoms with Crippen molar-refractivity contribution in [1.29, 1.82) is 0 Å². The molecule has 1 saturated heterocycles. The number of nitrogens with one attached hydrogen (secondary N) is 1. The number of hydrogen-bond acceptors (Lipinski definition) is 3. The van der Waals surface area contributed by atoms with Crippen molar-refractivity contribution >= 4 is 12.0 Å². The third-order valence-electron chi connectivity index (χ3n) is 3.93. The number of urea groups is 1. The summed E-state index contributed by atoms with van der Waals surface area (Å²) in [5.74, 6) is -1.50. The zero-order chi connectivity index (χ0) is 13.8. The number of carboxylic acid groups (broad SMARTS) is 1. The summed E-state index contributed by atoms with van der Waals surface area (Å²) in [6, 6.07) is -0.233. The molecular weight excluding hydrogens is 248 g/mol. The van der Waals surface area contributed by atoms with Crippen LogP contribution >= 0.6 is 0 Å². The van der Waals surface area contributed by atoms with E-state index in [9.17, 15) is 14.7 Å². The molecule has 19 heavy (non-hydrogen) atoms. The lowest BCUT2D eigenvalue weighted by atomic mass is 9.93. The van der Waals surface area contributed by atoms with Crippen LogP contribution < -0.4 is 5.32 Å². The third kappa shape index (κ3) is 3.18. The van der Waals surface area contributed by atoms with Crippen LogP contribution in [0.1, 0.15) is 32.6 Å². The van der Waals surface area contributed by atoms with Gasteiger partial charge in [0.05, 0.1) is 19.3 Å². The van der Waals surface area contributed by atoms with Gasteiger partial charge in [-0.1, -0.05) is 6.92 Å². The molecule has 2 fully saturated rings. The number of nitrogens with zero attached hydrogens (tertiary/aromatic N) is 1. The Balaban J connectivity index is 2.00. The summed E-state index contributed by atoms with van der Waals surface area (Å²) in [5.41, 5.74) is 0. The minimum atomic E-state index is -0.889. The highest BCUT2D eigenvalue weighted by molar-refractivity contribution is 5.77. The SMILES string of the molecule is CCCN(C(=O)NC1CCC1)C1COCC1C(=O)O. The highest BCUT2D eigenvalue weighted by Gasteiger charge is 2.40. The van der Waals surface area contributed by atoms with Crippen molar-refractivity contribution in [2.45, 2.75) is 44.7 Å². The Morgan fingerprint density at radius 1 is 1.37 bits per heavy atom. The third-order valence-corrected chi connectivity index (χ3v) is 3.93. The number of carbonyl (C=O) groups excluding carboxylic acids is 1.